The zero-order valence-electron chi connectivity index (χ0n) is 11.1. The Kier molecular flexibility index (Phi) is 6.89. The summed E-state index contributed by atoms with van der Waals surface area (Å²) in [6.45, 7) is 6.80. The summed E-state index contributed by atoms with van der Waals surface area (Å²) in [6.07, 6.45) is 2.11. The monoisotopic (exact) mass is 332 g/mol. The van der Waals surface area contributed by atoms with Crippen molar-refractivity contribution < 1.29 is 4.79 Å². The molecule has 0 aliphatic carbocycles. The number of amides is 1. The molecule has 0 radical (unpaired) electrons. The molecule has 1 aromatic rings. The number of hydrogen-bond acceptors (Lipinski definition) is 3. The molecule has 2 atom stereocenters. The van der Waals surface area contributed by atoms with Crippen molar-refractivity contribution in [2.45, 2.75) is 52.2 Å². The van der Waals surface area contributed by atoms with E-state index in [2.05, 4.69) is 39.6 Å². The second kappa shape index (κ2) is 7.92. The summed E-state index contributed by atoms with van der Waals surface area (Å²) < 4.78 is 1.12. The smallest absolute Gasteiger partial charge is 0.237 e. The summed E-state index contributed by atoms with van der Waals surface area (Å²) in [5.74, 6) is 0.0755. The quantitative estimate of drug-likeness (QED) is 0.804. The predicted octanol–water partition coefficient (Wildman–Crippen LogP) is 3.29. The highest BCUT2D eigenvalue weighted by Crippen LogP contribution is 2.21. The van der Waals surface area contributed by atoms with Gasteiger partial charge in [-0.1, -0.05) is 13.3 Å². The molecule has 1 amide bonds. The summed E-state index contributed by atoms with van der Waals surface area (Å²) in [5, 5.41) is 6.25. The third kappa shape index (κ3) is 5.50. The molecule has 0 aliphatic rings. The van der Waals surface area contributed by atoms with Crippen LogP contribution in [0.3, 0.4) is 0 Å². The Balaban J connectivity index is 2.31. The number of halogens is 1. The molecular formula is C13H21BrN2OS. The maximum Gasteiger partial charge on any atom is 0.237 e. The predicted molar refractivity (Wildman–Crippen MR) is 80.8 cm³/mol. The fourth-order valence-electron chi connectivity index (χ4n) is 1.67. The highest BCUT2D eigenvalue weighted by atomic mass is 79.9. The van der Waals surface area contributed by atoms with Crippen molar-refractivity contribution in [2.75, 3.05) is 0 Å². The van der Waals surface area contributed by atoms with Gasteiger partial charge in [-0.05, 0) is 48.3 Å². The summed E-state index contributed by atoms with van der Waals surface area (Å²) in [7, 11) is 0. The molecule has 0 aliphatic heterocycles. The van der Waals surface area contributed by atoms with Crippen LogP contribution in [-0.2, 0) is 11.3 Å². The average Bonchev–Trinajstić information content (AvgIpc) is 2.72. The Morgan fingerprint density at radius 1 is 1.44 bits per heavy atom. The van der Waals surface area contributed by atoms with Gasteiger partial charge in [0, 0.05) is 17.5 Å². The van der Waals surface area contributed by atoms with Crippen LogP contribution in [0.25, 0.3) is 0 Å². The van der Waals surface area contributed by atoms with E-state index in [9.17, 15) is 4.79 Å². The van der Waals surface area contributed by atoms with E-state index in [4.69, 9.17) is 0 Å². The van der Waals surface area contributed by atoms with Crippen LogP contribution < -0.4 is 10.6 Å². The van der Waals surface area contributed by atoms with Crippen molar-refractivity contribution in [1.29, 1.82) is 0 Å². The number of carbonyl (C=O) groups is 1. The molecule has 0 saturated carbocycles. The van der Waals surface area contributed by atoms with Crippen LogP contribution in [0.5, 0.6) is 0 Å². The van der Waals surface area contributed by atoms with Crippen LogP contribution in [0.4, 0.5) is 0 Å². The Morgan fingerprint density at radius 2 is 2.17 bits per heavy atom. The van der Waals surface area contributed by atoms with E-state index in [1.54, 1.807) is 11.3 Å². The normalized spacial score (nSPS) is 14.2. The molecule has 1 aromatic heterocycles. The number of hydrogen-bond donors (Lipinski definition) is 2. The van der Waals surface area contributed by atoms with Crippen LogP contribution in [0, 0.1) is 0 Å². The van der Waals surface area contributed by atoms with E-state index >= 15 is 0 Å². The second-order valence-electron chi connectivity index (χ2n) is 4.51. The minimum atomic E-state index is -0.162. The standard InChI is InChI=1S/C13H21BrN2OS/c1-4-5-9(2)16-13(17)10(3)15-8-11-6-7-12(14)18-11/h6-7,9-10,15H,4-5,8H2,1-3H3,(H,16,17). The first-order valence-electron chi connectivity index (χ1n) is 6.31. The van der Waals surface area contributed by atoms with E-state index in [1.165, 1.54) is 4.88 Å². The lowest BCUT2D eigenvalue weighted by atomic mass is 10.2. The summed E-state index contributed by atoms with van der Waals surface area (Å²) >= 11 is 5.12. The van der Waals surface area contributed by atoms with Crippen molar-refractivity contribution in [3.05, 3.63) is 20.8 Å². The molecule has 18 heavy (non-hydrogen) atoms. The largest absolute Gasteiger partial charge is 0.352 e. The zero-order chi connectivity index (χ0) is 13.5. The van der Waals surface area contributed by atoms with Gasteiger partial charge in [-0.3, -0.25) is 4.79 Å². The van der Waals surface area contributed by atoms with Gasteiger partial charge in [-0.15, -0.1) is 11.3 Å². The molecule has 5 heteroatoms. The topological polar surface area (TPSA) is 41.1 Å². The van der Waals surface area contributed by atoms with E-state index in [0.717, 1.165) is 23.2 Å². The van der Waals surface area contributed by atoms with Gasteiger partial charge in [-0.2, -0.15) is 0 Å². The van der Waals surface area contributed by atoms with Gasteiger partial charge in [0.15, 0.2) is 0 Å². The van der Waals surface area contributed by atoms with Gasteiger partial charge in [0.25, 0.3) is 0 Å². The minimum Gasteiger partial charge on any atom is -0.352 e. The lowest BCUT2D eigenvalue weighted by Gasteiger charge is -2.17. The van der Waals surface area contributed by atoms with Crippen LogP contribution >= 0.6 is 27.3 Å². The number of thiophene rings is 1. The third-order valence-electron chi connectivity index (χ3n) is 2.71. The lowest BCUT2D eigenvalue weighted by molar-refractivity contribution is -0.123. The fourth-order valence-corrected chi connectivity index (χ4v) is 3.10. The molecule has 3 nitrogen and oxygen atoms in total. The minimum absolute atomic E-state index is 0.0755. The van der Waals surface area contributed by atoms with Gasteiger partial charge in [0.2, 0.25) is 5.91 Å². The molecule has 0 bridgehead atoms. The Labute approximate surface area is 121 Å². The Bertz CT molecular complexity index is 381. The zero-order valence-corrected chi connectivity index (χ0v) is 13.5. The number of rotatable bonds is 7. The average molecular weight is 333 g/mol. The van der Waals surface area contributed by atoms with Gasteiger partial charge in [0.05, 0.1) is 9.83 Å². The van der Waals surface area contributed by atoms with Gasteiger partial charge in [-0.25, -0.2) is 0 Å². The van der Waals surface area contributed by atoms with Crippen LogP contribution in [0.2, 0.25) is 0 Å². The van der Waals surface area contributed by atoms with E-state index in [-0.39, 0.29) is 18.0 Å². The molecular weight excluding hydrogens is 312 g/mol. The van der Waals surface area contributed by atoms with E-state index in [0.29, 0.717) is 0 Å². The van der Waals surface area contributed by atoms with Crippen molar-refractivity contribution >= 4 is 33.2 Å². The maximum atomic E-state index is 11.9. The molecule has 1 heterocycles. The lowest BCUT2D eigenvalue weighted by Crippen LogP contribution is -2.45. The van der Waals surface area contributed by atoms with Gasteiger partial charge >= 0.3 is 0 Å². The van der Waals surface area contributed by atoms with Crippen molar-refractivity contribution in [2.24, 2.45) is 0 Å². The molecule has 2 N–H and O–H groups in total. The van der Waals surface area contributed by atoms with E-state index in [1.807, 2.05) is 19.9 Å². The summed E-state index contributed by atoms with van der Waals surface area (Å²) in [5.41, 5.74) is 0. The van der Waals surface area contributed by atoms with Gasteiger partial charge in [0.1, 0.15) is 0 Å². The number of carbonyl (C=O) groups excluding carboxylic acids is 1. The first-order valence-corrected chi connectivity index (χ1v) is 7.91. The third-order valence-corrected chi connectivity index (χ3v) is 4.34. The molecule has 0 aromatic carbocycles. The Morgan fingerprint density at radius 3 is 2.72 bits per heavy atom. The SMILES string of the molecule is CCCC(C)NC(=O)C(C)NCc1ccc(Br)s1. The van der Waals surface area contributed by atoms with Crippen LogP contribution in [0.1, 0.15) is 38.5 Å². The summed E-state index contributed by atoms with van der Waals surface area (Å²) in [4.78, 5) is 13.1. The highest BCUT2D eigenvalue weighted by molar-refractivity contribution is 9.11. The molecule has 2 unspecified atom stereocenters. The van der Waals surface area contributed by atoms with Crippen LogP contribution in [0.15, 0.2) is 15.9 Å². The maximum absolute atomic E-state index is 11.9. The van der Waals surface area contributed by atoms with Crippen molar-refractivity contribution in [3.63, 3.8) is 0 Å². The fraction of sp³-hybridized carbons (Fsp3) is 0.615. The van der Waals surface area contributed by atoms with Crippen LogP contribution in [-0.4, -0.2) is 18.0 Å². The first kappa shape index (κ1) is 15.7. The first-order chi connectivity index (χ1) is 8.52. The number of nitrogens with one attached hydrogen (secondary N) is 2. The second-order valence-corrected chi connectivity index (χ2v) is 7.05. The molecule has 1 rings (SSSR count). The molecule has 0 saturated heterocycles. The van der Waals surface area contributed by atoms with Crippen molar-refractivity contribution in [1.82, 2.24) is 10.6 Å². The molecule has 102 valence electrons. The highest BCUT2D eigenvalue weighted by Gasteiger charge is 2.14. The Hall–Kier alpha value is -0.390. The van der Waals surface area contributed by atoms with Gasteiger partial charge < -0.3 is 10.6 Å². The summed E-state index contributed by atoms with van der Waals surface area (Å²) in [6, 6.07) is 4.18. The van der Waals surface area contributed by atoms with Crippen molar-refractivity contribution in [3.8, 4) is 0 Å². The van der Waals surface area contributed by atoms with E-state index < -0.39 is 0 Å². The molecule has 0 fully saturated rings. The molecule has 0 spiro atoms.